The first-order chi connectivity index (χ1) is 16.5. The molecule has 2 N–H and O–H groups in total. The van der Waals surface area contributed by atoms with Crippen LogP contribution in [0.25, 0.3) is 11.1 Å². The highest BCUT2D eigenvalue weighted by Gasteiger charge is 2.45. The van der Waals surface area contributed by atoms with Gasteiger partial charge in [0.15, 0.2) is 0 Å². The predicted molar refractivity (Wildman–Crippen MR) is 132 cm³/mol. The van der Waals surface area contributed by atoms with Gasteiger partial charge in [0.2, 0.25) is 10.0 Å². The monoisotopic (exact) mass is 502 g/mol. The molecule has 2 aromatic rings. The summed E-state index contributed by atoms with van der Waals surface area (Å²) in [5, 5.41) is 12.1. The van der Waals surface area contributed by atoms with E-state index in [2.05, 4.69) is 5.32 Å². The molecule has 9 heteroatoms. The number of aliphatic hydroxyl groups is 1. The fourth-order valence-corrected chi connectivity index (χ4v) is 6.17. The average molecular weight is 503 g/mol. The van der Waals surface area contributed by atoms with Crippen LogP contribution in [0.2, 0.25) is 0 Å². The van der Waals surface area contributed by atoms with Gasteiger partial charge in [0, 0.05) is 13.1 Å². The van der Waals surface area contributed by atoms with Crippen molar-refractivity contribution < 1.29 is 27.8 Å². The second-order valence-electron chi connectivity index (χ2n) is 10.3. The summed E-state index contributed by atoms with van der Waals surface area (Å²) in [6, 6.07) is 14.2. The quantitative estimate of drug-likeness (QED) is 0.646. The predicted octanol–water partition coefficient (Wildman–Crippen LogP) is 3.68. The number of rotatable bonds is 5. The molecular weight excluding hydrogens is 468 g/mol. The minimum atomic E-state index is -3.66. The number of piperidine rings is 1. The molecule has 0 radical (unpaired) electrons. The van der Waals surface area contributed by atoms with Crippen LogP contribution in [-0.4, -0.2) is 60.9 Å². The smallest absolute Gasteiger partial charge is 0.407 e. The zero-order chi connectivity index (χ0) is 25.3. The zero-order valence-electron chi connectivity index (χ0n) is 20.5. The topological polar surface area (TPSA) is 105 Å². The Morgan fingerprint density at radius 2 is 1.83 bits per heavy atom. The first kappa shape index (κ1) is 25.6. The van der Waals surface area contributed by atoms with Crippen molar-refractivity contribution in [3.63, 3.8) is 0 Å². The number of benzene rings is 2. The molecule has 1 amide bonds. The molecule has 8 nitrogen and oxygen atoms in total. The summed E-state index contributed by atoms with van der Waals surface area (Å²) in [6.07, 6.45) is 1.32. The van der Waals surface area contributed by atoms with Gasteiger partial charge < -0.3 is 19.9 Å². The van der Waals surface area contributed by atoms with E-state index in [1.165, 1.54) is 4.31 Å². The Kier molecular flexibility index (Phi) is 7.24. The van der Waals surface area contributed by atoms with Crippen LogP contribution in [0, 0.1) is 0 Å². The molecule has 1 spiro atoms. The van der Waals surface area contributed by atoms with Crippen LogP contribution < -0.4 is 5.32 Å². The average Bonchev–Trinajstić information content (AvgIpc) is 3.19. The minimum Gasteiger partial charge on any atom is -0.444 e. The summed E-state index contributed by atoms with van der Waals surface area (Å²) in [5.41, 5.74) is 1.50. The van der Waals surface area contributed by atoms with Crippen molar-refractivity contribution in [3.8, 4) is 11.1 Å². The Labute approximate surface area is 207 Å². The maximum absolute atomic E-state index is 13.4. The molecule has 2 aliphatic rings. The zero-order valence-corrected chi connectivity index (χ0v) is 21.3. The van der Waals surface area contributed by atoms with Gasteiger partial charge in [-0.15, -0.1) is 0 Å². The summed E-state index contributed by atoms with van der Waals surface area (Å²) in [6.45, 7) is 6.53. The number of carbonyl (C=O) groups is 1. The van der Waals surface area contributed by atoms with Gasteiger partial charge in [-0.2, -0.15) is 4.31 Å². The number of aliphatic hydroxyl groups excluding tert-OH is 1. The Morgan fingerprint density at radius 1 is 1.14 bits per heavy atom. The van der Waals surface area contributed by atoms with Crippen LogP contribution in [0.15, 0.2) is 53.4 Å². The van der Waals surface area contributed by atoms with Crippen molar-refractivity contribution in [3.05, 3.63) is 54.1 Å². The summed E-state index contributed by atoms with van der Waals surface area (Å²) in [5.74, 6) is 0. The second-order valence-corrected chi connectivity index (χ2v) is 12.3. The van der Waals surface area contributed by atoms with E-state index in [9.17, 15) is 18.3 Å². The van der Waals surface area contributed by atoms with E-state index in [-0.39, 0.29) is 17.5 Å². The van der Waals surface area contributed by atoms with Crippen molar-refractivity contribution in [1.29, 1.82) is 0 Å². The van der Waals surface area contributed by atoms with Gasteiger partial charge in [0.1, 0.15) is 5.60 Å². The van der Waals surface area contributed by atoms with Crippen molar-refractivity contribution in [2.45, 2.75) is 68.8 Å². The first-order valence-corrected chi connectivity index (χ1v) is 13.4. The molecule has 1 atom stereocenters. The molecule has 0 bridgehead atoms. The summed E-state index contributed by atoms with van der Waals surface area (Å²) in [7, 11) is -3.66. The van der Waals surface area contributed by atoms with Gasteiger partial charge in [-0.05, 0) is 68.9 Å². The van der Waals surface area contributed by atoms with Crippen molar-refractivity contribution in [2.75, 3.05) is 19.7 Å². The van der Waals surface area contributed by atoms with E-state index in [4.69, 9.17) is 9.47 Å². The molecular formula is C26H34N2O6S. The van der Waals surface area contributed by atoms with Crippen LogP contribution in [0.5, 0.6) is 0 Å². The normalized spacial score (nSPS) is 20.6. The molecule has 0 saturated carbocycles. The van der Waals surface area contributed by atoms with Gasteiger partial charge in [0.25, 0.3) is 0 Å². The van der Waals surface area contributed by atoms with Crippen LogP contribution in [-0.2, 0) is 26.1 Å². The van der Waals surface area contributed by atoms with Crippen molar-refractivity contribution >= 4 is 16.1 Å². The third-order valence-corrected chi connectivity index (χ3v) is 8.40. The molecule has 4 rings (SSSR count). The summed E-state index contributed by atoms with van der Waals surface area (Å²) in [4.78, 5) is 12.4. The Bertz CT molecular complexity index is 1150. The SMILES string of the molecule is CC(C)(C)OC(=O)NC1COC2(CCN(S(=O)(=O)c3cccc(-c4ccc(CO)cc4)c3)CC2)C1. The highest BCUT2D eigenvalue weighted by atomic mass is 32.2. The summed E-state index contributed by atoms with van der Waals surface area (Å²) < 4.78 is 39.7. The molecule has 1 unspecified atom stereocenters. The molecule has 2 saturated heterocycles. The molecule has 2 heterocycles. The number of nitrogens with zero attached hydrogens (tertiary/aromatic N) is 1. The minimum absolute atomic E-state index is 0.0350. The van der Waals surface area contributed by atoms with Crippen molar-refractivity contribution in [1.82, 2.24) is 9.62 Å². The first-order valence-electron chi connectivity index (χ1n) is 11.9. The highest BCUT2D eigenvalue weighted by Crippen LogP contribution is 2.37. The van der Waals surface area contributed by atoms with E-state index in [0.29, 0.717) is 39.0 Å². The Morgan fingerprint density at radius 3 is 2.46 bits per heavy atom. The van der Waals surface area contributed by atoms with E-state index >= 15 is 0 Å². The number of carbonyl (C=O) groups excluding carboxylic acids is 1. The fourth-order valence-electron chi connectivity index (χ4n) is 4.68. The van der Waals surface area contributed by atoms with Gasteiger partial charge >= 0.3 is 6.09 Å². The van der Waals surface area contributed by atoms with E-state index in [1.807, 2.05) is 51.1 Å². The molecule has 190 valence electrons. The molecule has 35 heavy (non-hydrogen) atoms. The fraction of sp³-hybridized carbons (Fsp3) is 0.500. The number of nitrogens with one attached hydrogen (secondary N) is 1. The lowest BCUT2D eigenvalue weighted by Crippen LogP contribution is -2.47. The highest BCUT2D eigenvalue weighted by molar-refractivity contribution is 7.89. The van der Waals surface area contributed by atoms with E-state index < -0.39 is 27.3 Å². The van der Waals surface area contributed by atoms with Crippen molar-refractivity contribution in [2.24, 2.45) is 0 Å². The van der Waals surface area contributed by atoms with Crippen LogP contribution in [0.1, 0.15) is 45.6 Å². The van der Waals surface area contributed by atoms with Gasteiger partial charge in [-0.1, -0.05) is 36.4 Å². The van der Waals surface area contributed by atoms with Gasteiger partial charge in [-0.3, -0.25) is 0 Å². The number of sulfonamides is 1. The lowest BCUT2D eigenvalue weighted by molar-refractivity contribution is -0.0312. The van der Waals surface area contributed by atoms with Crippen LogP contribution >= 0.6 is 0 Å². The lowest BCUT2D eigenvalue weighted by atomic mass is 9.88. The molecule has 2 aromatic carbocycles. The largest absolute Gasteiger partial charge is 0.444 e. The Balaban J connectivity index is 1.39. The molecule has 2 fully saturated rings. The van der Waals surface area contributed by atoms with Gasteiger partial charge in [0.05, 0.1) is 29.8 Å². The van der Waals surface area contributed by atoms with E-state index in [1.54, 1.807) is 18.2 Å². The molecule has 2 aliphatic heterocycles. The number of amides is 1. The third-order valence-electron chi connectivity index (χ3n) is 6.51. The third kappa shape index (κ3) is 6.03. The summed E-state index contributed by atoms with van der Waals surface area (Å²) >= 11 is 0. The molecule has 0 aromatic heterocycles. The van der Waals surface area contributed by atoms with E-state index in [0.717, 1.165) is 16.7 Å². The number of hydrogen-bond donors (Lipinski definition) is 2. The Hall–Kier alpha value is -2.46. The number of alkyl carbamates (subject to hydrolysis) is 1. The maximum Gasteiger partial charge on any atom is 0.407 e. The molecule has 0 aliphatic carbocycles. The number of hydrogen-bond acceptors (Lipinski definition) is 6. The van der Waals surface area contributed by atoms with Crippen LogP contribution in [0.3, 0.4) is 0 Å². The second kappa shape index (κ2) is 9.89. The standard InChI is InChI=1S/C26H34N2O6S/c1-25(2,3)34-24(30)27-22-16-26(33-18-22)11-13-28(14-12-26)35(31,32)23-6-4-5-21(15-23)20-9-7-19(17-29)8-10-20/h4-10,15,22,29H,11-14,16-18H2,1-3H3,(H,27,30). The van der Waals surface area contributed by atoms with Gasteiger partial charge in [-0.25, -0.2) is 13.2 Å². The van der Waals surface area contributed by atoms with Crippen LogP contribution in [0.4, 0.5) is 4.79 Å². The maximum atomic E-state index is 13.4. The lowest BCUT2D eigenvalue weighted by Gasteiger charge is -2.38. The number of ether oxygens (including phenoxy) is 2.